The van der Waals surface area contributed by atoms with Crippen molar-refractivity contribution < 1.29 is 8.83 Å². The summed E-state index contributed by atoms with van der Waals surface area (Å²) in [4.78, 5) is 15.3. The van der Waals surface area contributed by atoms with Gasteiger partial charge < -0.3 is 8.83 Å². The Labute approximate surface area is 262 Å². The minimum Gasteiger partial charge on any atom is -0.456 e. The van der Waals surface area contributed by atoms with E-state index in [1.165, 1.54) is 0 Å². The summed E-state index contributed by atoms with van der Waals surface area (Å²) in [6.07, 6.45) is 0. The van der Waals surface area contributed by atoms with Crippen LogP contribution in [-0.2, 0) is 0 Å². The van der Waals surface area contributed by atoms with Crippen molar-refractivity contribution in [3.05, 3.63) is 139 Å². The topological polar surface area (TPSA) is 88.7 Å². The number of fused-ring (bicyclic) bond motifs is 6. The highest BCUT2D eigenvalue weighted by molar-refractivity contribution is 6.14. The Kier molecular flexibility index (Phi) is 5.77. The molecule has 0 fully saturated rings. The van der Waals surface area contributed by atoms with E-state index >= 15 is 0 Å². The second-order valence-electron chi connectivity index (χ2n) is 11.1. The zero-order chi connectivity index (χ0) is 30.6. The number of nitriles is 1. The maximum atomic E-state index is 9.61. The van der Waals surface area contributed by atoms with E-state index in [9.17, 15) is 5.26 Å². The lowest BCUT2D eigenvalue weighted by atomic mass is 9.97. The summed E-state index contributed by atoms with van der Waals surface area (Å²) in [5, 5.41) is 13.4. The first-order valence-corrected chi connectivity index (χ1v) is 14.9. The fraction of sp³-hybridized carbons (Fsp3) is 0. The van der Waals surface area contributed by atoms with Crippen LogP contribution in [0, 0.1) is 11.3 Å². The molecule has 9 rings (SSSR count). The molecule has 9 aromatic rings. The van der Waals surface area contributed by atoms with Crippen molar-refractivity contribution in [3.8, 4) is 51.4 Å². The summed E-state index contributed by atoms with van der Waals surface area (Å²) in [5.41, 5.74) is 7.97. The lowest BCUT2D eigenvalue weighted by Crippen LogP contribution is -2.01. The van der Waals surface area contributed by atoms with Crippen LogP contribution in [0.2, 0.25) is 0 Å². The summed E-state index contributed by atoms with van der Waals surface area (Å²) in [7, 11) is 0. The van der Waals surface area contributed by atoms with Gasteiger partial charge in [0.25, 0.3) is 0 Å². The number of furan rings is 2. The van der Waals surface area contributed by atoms with Crippen LogP contribution >= 0.6 is 0 Å². The third-order valence-corrected chi connectivity index (χ3v) is 8.36. The van der Waals surface area contributed by atoms with E-state index in [4.69, 9.17) is 23.8 Å². The van der Waals surface area contributed by atoms with Gasteiger partial charge in [0.05, 0.1) is 11.6 Å². The Bertz CT molecular complexity index is 2660. The SMILES string of the molecule is N#Cc1cccc(-c2cc(-c3nc(-c4ccccc4)nc(-c4cccc5oc6ccccc6c45)n3)c3c(c2)oc2ccccc23)c1. The zero-order valence-electron chi connectivity index (χ0n) is 24.3. The van der Waals surface area contributed by atoms with E-state index in [1.54, 1.807) is 6.07 Å². The van der Waals surface area contributed by atoms with Crippen LogP contribution in [0.25, 0.3) is 89.2 Å². The Morgan fingerprint density at radius 2 is 1.02 bits per heavy atom. The van der Waals surface area contributed by atoms with Crippen molar-refractivity contribution in [2.75, 3.05) is 0 Å². The van der Waals surface area contributed by atoms with Crippen LogP contribution in [0.3, 0.4) is 0 Å². The normalized spacial score (nSPS) is 11.5. The molecule has 0 radical (unpaired) electrons. The maximum Gasteiger partial charge on any atom is 0.164 e. The first-order valence-electron chi connectivity index (χ1n) is 14.9. The van der Waals surface area contributed by atoms with E-state index in [1.807, 2.05) is 109 Å². The summed E-state index contributed by atoms with van der Waals surface area (Å²) < 4.78 is 12.6. The van der Waals surface area contributed by atoms with E-state index in [2.05, 4.69) is 24.3 Å². The molecule has 0 N–H and O–H groups in total. The fourth-order valence-electron chi connectivity index (χ4n) is 6.26. The number of hydrogen-bond donors (Lipinski definition) is 0. The molecule has 3 heterocycles. The van der Waals surface area contributed by atoms with Crippen molar-refractivity contribution in [1.82, 2.24) is 15.0 Å². The van der Waals surface area contributed by atoms with Crippen LogP contribution in [0.15, 0.2) is 142 Å². The Morgan fingerprint density at radius 1 is 0.435 bits per heavy atom. The molecule has 46 heavy (non-hydrogen) atoms. The van der Waals surface area contributed by atoms with Gasteiger partial charge in [0.1, 0.15) is 22.3 Å². The predicted octanol–water partition coefficient (Wildman–Crippen LogP) is 10.2. The van der Waals surface area contributed by atoms with Crippen LogP contribution < -0.4 is 0 Å². The van der Waals surface area contributed by atoms with Gasteiger partial charge in [-0.1, -0.05) is 91.0 Å². The number of aromatic nitrogens is 3. The zero-order valence-corrected chi connectivity index (χ0v) is 24.3. The van der Waals surface area contributed by atoms with Gasteiger partial charge in [-0.3, -0.25) is 0 Å². The third-order valence-electron chi connectivity index (χ3n) is 8.36. The molecule has 0 saturated carbocycles. The molecule has 0 spiro atoms. The standard InChI is InChI=1S/C40H22N4O2/c41-23-24-10-8-13-26(20-24)27-21-31(37-29-15-5-7-18-33(29)46-35(37)22-27)40-43-38(25-11-2-1-3-12-25)42-39(44-40)30-16-9-19-34-36(30)28-14-4-6-17-32(28)45-34/h1-22H. The molecule has 6 heteroatoms. The average molecular weight is 591 g/mol. The van der Waals surface area contributed by atoms with Gasteiger partial charge >= 0.3 is 0 Å². The molecule has 3 aromatic heterocycles. The molecule has 0 aliphatic carbocycles. The highest BCUT2D eigenvalue weighted by Gasteiger charge is 2.21. The number of rotatable bonds is 4. The molecule has 0 aliphatic heterocycles. The third kappa shape index (κ3) is 4.15. The number of benzene rings is 6. The van der Waals surface area contributed by atoms with Crippen molar-refractivity contribution in [2.45, 2.75) is 0 Å². The first kappa shape index (κ1) is 25.9. The molecule has 0 bridgehead atoms. The molecule has 6 nitrogen and oxygen atoms in total. The predicted molar refractivity (Wildman–Crippen MR) is 181 cm³/mol. The molecular weight excluding hydrogens is 568 g/mol. The van der Waals surface area contributed by atoms with Crippen molar-refractivity contribution >= 4 is 43.9 Å². The van der Waals surface area contributed by atoms with E-state index in [0.29, 0.717) is 28.6 Å². The van der Waals surface area contributed by atoms with Gasteiger partial charge in [0.2, 0.25) is 0 Å². The van der Waals surface area contributed by atoms with Gasteiger partial charge in [0.15, 0.2) is 17.5 Å². The number of hydrogen-bond acceptors (Lipinski definition) is 6. The van der Waals surface area contributed by atoms with Gasteiger partial charge in [-0.2, -0.15) is 5.26 Å². The van der Waals surface area contributed by atoms with E-state index in [0.717, 1.165) is 66.1 Å². The molecule has 0 unspecified atom stereocenters. The molecule has 6 aromatic carbocycles. The van der Waals surface area contributed by atoms with Crippen LogP contribution in [0.4, 0.5) is 0 Å². The van der Waals surface area contributed by atoms with Gasteiger partial charge in [-0.15, -0.1) is 0 Å². The average Bonchev–Trinajstić information content (AvgIpc) is 3.70. The van der Waals surface area contributed by atoms with Crippen molar-refractivity contribution in [1.29, 1.82) is 5.26 Å². The van der Waals surface area contributed by atoms with Crippen LogP contribution in [0.5, 0.6) is 0 Å². The smallest absolute Gasteiger partial charge is 0.164 e. The van der Waals surface area contributed by atoms with Gasteiger partial charge in [0, 0.05) is 38.2 Å². The molecular formula is C40H22N4O2. The van der Waals surface area contributed by atoms with E-state index in [-0.39, 0.29) is 0 Å². The summed E-state index contributed by atoms with van der Waals surface area (Å²) in [6.45, 7) is 0. The second-order valence-corrected chi connectivity index (χ2v) is 11.1. The van der Waals surface area contributed by atoms with Crippen molar-refractivity contribution in [2.24, 2.45) is 0 Å². The van der Waals surface area contributed by atoms with Gasteiger partial charge in [-0.05, 0) is 53.6 Å². The monoisotopic (exact) mass is 590 g/mol. The largest absolute Gasteiger partial charge is 0.456 e. The quantitative estimate of drug-likeness (QED) is 0.203. The lowest BCUT2D eigenvalue weighted by molar-refractivity contribution is 0.668. The summed E-state index contributed by atoms with van der Waals surface area (Å²) >= 11 is 0. The molecule has 0 amide bonds. The first-order chi connectivity index (χ1) is 22.7. The second kappa shape index (κ2) is 10.3. The lowest BCUT2D eigenvalue weighted by Gasteiger charge is -2.11. The minimum absolute atomic E-state index is 0.517. The van der Waals surface area contributed by atoms with Crippen LogP contribution in [-0.4, -0.2) is 15.0 Å². The Morgan fingerprint density at radius 3 is 1.78 bits per heavy atom. The van der Waals surface area contributed by atoms with Gasteiger partial charge in [-0.25, -0.2) is 15.0 Å². The fourth-order valence-corrected chi connectivity index (χ4v) is 6.26. The summed E-state index contributed by atoms with van der Waals surface area (Å²) in [6, 6.07) is 45.8. The highest BCUT2D eigenvalue weighted by Crippen LogP contribution is 2.41. The molecule has 0 saturated heterocycles. The molecule has 0 atom stereocenters. The number of para-hydroxylation sites is 2. The maximum absolute atomic E-state index is 9.61. The Hall–Kier alpha value is -6.58. The molecule has 214 valence electrons. The Balaban J connectivity index is 1.38. The minimum atomic E-state index is 0.517. The summed E-state index contributed by atoms with van der Waals surface area (Å²) in [5.74, 6) is 1.62. The number of nitrogens with zero attached hydrogens (tertiary/aromatic N) is 4. The highest BCUT2D eigenvalue weighted by atomic mass is 16.3. The van der Waals surface area contributed by atoms with Crippen molar-refractivity contribution in [3.63, 3.8) is 0 Å². The van der Waals surface area contributed by atoms with Crippen LogP contribution in [0.1, 0.15) is 5.56 Å². The molecule has 0 aliphatic rings. The van der Waals surface area contributed by atoms with E-state index < -0.39 is 0 Å².